The number of unbranched alkanes of at least 4 members (excludes halogenated alkanes) is 31. The van der Waals surface area contributed by atoms with Crippen molar-refractivity contribution in [3.05, 3.63) is 0 Å². The molecule has 0 aromatic carbocycles. The van der Waals surface area contributed by atoms with Gasteiger partial charge in [-0.1, -0.05) is 78.6 Å². The minimum absolute atomic E-state index is 0.255. The smallest absolute Gasteiger partial charge is 0.0654 e. The first-order valence-corrected chi connectivity index (χ1v) is 32.4. The van der Waals surface area contributed by atoms with Crippen molar-refractivity contribution in [3.8, 4) is 0 Å². The number of hydrogen-bond donors (Lipinski definition) is 3. The fourth-order valence-corrected chi connectivity index (χ4v) is 16.5. The molecule has 0 spiro atoms. The second kappa shape index (κ2) is 43.5. The third kappa shape index (κ3) is 36.3. The van der Waals surface area contributed by atoms with Crippen LogP contribution in [0.2, 0.25) is 4.44 Å². The van der Waals surface area contributed by atoms with Gasteiger partial charge in [0.1, 0.15) is 0 Å². The van der Waals surface area contributed by atoms with E-state index in [4.69, 9.17) is 9.22 Å². The van der Waals surface area contributed by atoms with Gasteiger partial charge in [0.15, 0.2) is 0 Å². The molecule has 6 nitrogen and oxygen atoms in total. The van der Waals surface area contributed by atoms with Gasteiger partial charge in [0.25, 0.3) is 0 Å². The van der Waals surface area contributed by atoms with E-state index in [9.17, 15) is 14.4 Å². The number of rotatable bonds is 45. The Labute approximate surface area is 388 Å². The normalized spacial score (nSPS) is 14.1. The maximum absolute atomic E-state index is 13.6. The summed E-state index contributed by atoms with van der Waals surface area (Å²) in [7, 11) is 0. The SMILES string of the molecule is CCCCCCCCCCCCCC(S)C(=O)[O][Sn]([CH2]CCC)([O]C(=O)C(S)CCCCCCCCCCCCC)[O]C(=O)C(S)CCCCCCCCCCCCC. The standard InChI is InChI=1S/3C15H30O2S.C4H9.Sn/c3*1-2-3-4-5-6-7-8-9-10-11-12-13-14(18)15(16)17;1-3-4-2;/h3*14,18H,2-13H2,1H3,(H,16,17);1,3-4H2,2H3;/q;;;;+3/p-3. The summed E-state index contributed by atoms with van der Waals surface area (Å²) in [6, 6.07) is 0. The van der Waals surface area contributed by atoms with E-state index in [1.165, 1.54) is 154 Å². The van der Waals surface area contributed by atoms with Crippen molar-refractivity contribution in [2.24, 2.45) is 0 Å². The Morgan fingerprint density at radius 1 is 0.322 bits per heavy atom. The third-order valence-electron chi connectivity index (χ3n) is 11.7. The van der Waals surface area contributed by atoms with Crippen molar-refractivity contribution < 1.29 is 23.6 Å². The number of thiol groups is 3. The molecule has 0 aromatic heterocycles. The molecular formula is C49H96O6S3Sn. The molecule has 0 aromatic rings. The zero-order chi connectivity index (χ0) is 43.7. The molecule has 350 valence electrons. The van der Waals surface area contributed by atoms with Gasteiger partial charge in [-0.3, -0.25) is 0 Å². The van der Waals surface area contributed by atoms with Crippen molar-refractivity contribution in [1.82, 2.24) is 0 Å². The van der Waals surface area contributed by atoms with E-state index in [1.54, 1.807) is 0 Å². The van der Waals surface area contributed by atoms with Gasteiger partial charge < -0.3 is 0 Å². The van der Waals surface area contributed by atoms with E-state index >= 15 is 0 Å². The van der Waals surface area contributed by atoms with Crippen LogP contribution in [0, 0.1) is 0 Å². The Morgan fingerprint density at radius 2 is 0.508 bits per heavy atom. The minimum atomic E-state index is -5.14. The molecule has 0 N–H and O–H groups in total. The summed E-state index contributed by atoms with van der Waals surface area (Å²) in [4.78, 5) is 40.9. The summed E-state index contributed by atoms with van der Waals surface area (Å²) in [5.41, 5.74) is 0. The van der Waals surface area contributed by atoms with Crippen molar-refractivity contribution in [2.45, 2.75) is 292 Å². The predicted octanol–water partition coefficient (Wildman–Crippen LogP) is 16.4. The first kappa shape index (κ1) is 59.3. The van der Waals surface area contributed by atoms with Crippen LogP contribution in [-0.4, -0.2) is 53.3 Å². The second-order valence-corrected chi connectivity index (χ2v) is 26.5. The molecule has 0 radical (unpaired) electrons. The van der Waals surface area contributed by atoms with Crippen LogP contribution in [0.1, 0.15) is 272 Å². The van der Waals surface area contributed by atoms with Crippen molar-refractivity contribution in [2.75, 3.05) is 0 Å². The van der Waals surface area contributed by atoms with Crippen LogP contribution in [0.3, 0.4) is 0 Å². The van der Waals surface area contributed by atoms with Gasteiger partial charge in [-0.25, -0.2) is 0 Å². The van der Waals surface area contributed by atoms with E-state index in [0.29, 0.717) is 25.7 Å². The van der Waals surface area contributed by atoms with Crippen molar-refractivity contribution in [1.29, 1.82) is 0 Å². The Hall–Kier alpha value is 0.259. The van der Waals surface area contributed by atoms with Gasteiger partial charge in [0, 0.05) is 0 Å². The zero-order valence-electron chi connectivity index (χ0n) is 39.1. The monoisotopic (exact) mass is 997 g/mol. The Bertz CT molecular complexity index is 860. The fourth-order valence-electron chi connectivity index (χ4n) is 7.63. The van der Waals surface area contributed by atoms with Crippen LogP contribution in [0.25, 0.3) is 0 Å². The Balaban J connectivity index is 5.25. The zero-order valence-corrected chi connectivity index (χ0v) is 44.6. The van der Waals surface area contributed by atoms with Crippen LogP contribution < -0.4 is 0 Å². The fraction of sp³-hybridized carbons (Fsp3) is 0.939. The average molecular weight is 996 g/mol. The molecule has 0 fully saturated rings. The molecule has 59 heavy (non-hydrogen) atoms. The van der Waals surface area contributed by atoms with Gasteiger partial charge in [0.2, 0.25) is 0 Å². The summed E-state index contributed by atoms with van der Waals surface area (Å²) in [5.74, 6) is -1.64. The Morgan fingerprint density at radius 3 is 0.712 bits per heavy atom. The van der Waals surface area contributed by atoms with Crippen LogP contribution in [0.5, 0.6) is 0 Å². The quantitative estimate of drug-likeness (QED) is 0.0321. The summed E-state index contributed by atoms with van der Waals surface area (Å²) < 4.78 is 18.7. The topological polar surface area (TPSA) is 78.9 Å². The van der Waals surface area contributed by atoms with E-state index in [-0.39, 0.29) is 4.44 Å². The van der Waals surface area contributed by atoms with Crippen molar-refractivity contribution in [3.63, 3.8) is 0 Å². The predicted molar refractivity (Wildman–Crippen MR) is 265 cm³/mol. The molecule has 3 atom stereocenters. The van der Waals surface area contributed by atoms with E-state index < -0.39 is 53.3 Å². The molecule has 0 heterocycles. The summed E-state index contributed by atoms with van der Waals surface area (Å²) in [6.07, 6.45) is 43.5. The van der Waals surface area contributed by atoms with Gasteiger partial charge in [-0.2, -0.15) is 0 Å². The first-order valence-electron chi connectivity index (χ1n) is 25.4. The van der Waals surface area contributed by atoms with Crippen LogP contribution in [0.4, 0.5) is 0 Å². The Kier molecular flexibility index (Phi) is 43.7. The third-order valence-corrected chi connectivity index (χ3v) is 20.2. The van der Waals surface area contributed by atoms with Gasteiger partial charge >= 0.3 is 312 Å². The molecular weight excluding hydrogens is 899 g/mol. The van der Waals surface area contributed by atoms with Crippen LogP contribution in [-0.2, 0) is 23.6 Å². The second-order valence-electron chi connectivity index (χ2n) is 17.6. The summed E-state index contributed by atoms with van der Waals surface area (Å²) in [6.45, 7) is 8.78. The van der Waals surface area contributed by atoms with E-state index in [0.717, 1.165) is 64.2 Å². The minimum Gasteiger partial charge on any atom is -0.0654 e. The van der Waals surface area contributed by atoms with Gasteiger partial charge in [0.05, 0.1) is 0 Å². The van der Waals surface area contributed by atoms with Crippen molar-refractivity contribution >= 4 is 75.4 Å². The summed E-state index contributed by atoms with van der Waals surface area (Å²) >= 11 is 8.81. The molecule has 0 saturated heterocycles. The van der Waals surface area contributed by atoms with E-state index in [2.05, 4.69) is 58.7 Å². The van der Waals surface area contributed by atoms with Crippen LogP contribution in [0.15, 0.2) is 0 Å². The molecule has 3 unspecified atom stereocenters. The first-order chi connectivity index (χ1) is 28.7. The number of carbonyl (C=O) groups is 3. The van der Waals surface area contributed by atoms with E-state index in [1.807, 2.05) is 6.92 Å². The molecule has 0 amide bonds. The maximum atomic E-state index is 13.6. The molecule has 0 saturated carbocycles. The molecule has 0 bridgehead atoms. The average Bonchev–Trinajstić information content (AvgIpc) is 3.22. The molecule has 0 rings (SSSR count). The summed E-state index contributed by atoms with van der Waals surface area (Å²) in [5, 5.41) is -2.01. The molecule has 10 heteroatoms. The van der Waals surface area contributed by atoms with Gasteiger partial charge in [-0.05, 0) is 0 Å². The van der Waals surface area contributed by atoms with Gasteiger partial charge in [-0.15, -0.1) is 0 Å². The number of carbonyl (C=O) groups excluding carboxylic acids is 3. The molecule has 0 aliphatic rings. The van der Waals surface area contributed by atoms with Crippen LogP contribution >= 0.6 is 37.9 Å². The number of hydrogen-bond acceptors (Lipinski definition) is 9. The molecule has 0 aliphatic carbocycles. The molecule has 0 aliphatic heterocycles.